The van der Waals surface area contributed by atoms with Crippen LogP contribution in [0.15, 0.2) is 16.8 Å². The van der Waals surface area contributed by atoms with Crippen LogP contribution in [0.5, 0.6) is 0 Å². The molecule has 4 heteroatoms. The fourth-order valence-corrected chi connectivity index (χ4v) is 1.89. The number of hydrogen-bond acceptors (Lipinski definition) is 4. The lowest BCUT2D eigenvalue weighted by Crippen LogP contribution is -2.49. The Balaban J connectivity index is 1.79. The summed E-state index contributed by atoms with van der Waals surface area (Å²) in [5.74, 6) is 0.905. The molecular weight excluding hydrogens is 178 g/mol. The summed E-state index contributed by atoms with van der Waals surface area (Å²) in [6, 6.07) is 2.99. The van der Waals surface area contributed by atoms with Crippen LogP contribution in [-0.4, -0.2) is 23.8 Å². The van der Waals surface area contributed by atoms with Gasteiger partial charge in [-0.15, -0.1) is 0 Å². The summed E-state index contributed by atoms with van der Waals surface area (Å²) in [6.45, 7) is 4.13. The summed E-state index contributed by atoms with van der Waals surface area (Å²) in [5.41, 5.74) is 0. The molecule has 0 aliphatic carbocycles. The Labute approximate surface area is 84.0 Å². The molecular formula is C10H17N3O. The second-order valence-corrected chi connectivity index (χ2v) is 3.85. The molecule has 0 spiro atoms. The molecule has 2 atom stereocenters. The maximum absolute atomic E-state index is 5.03. The summed E-state index contributed by atoms with van der Waals surface area (Å²) >= 11 is 0. The standard InChI is InChI=1S/C10H17N3O/c1-8-10(3-2-5-11-8)12-7-9-4-6-13-14-9/h4,6,8,10-12H,2-3,5,7H2,1H3. The van der Waals surface area contributed by atoms with Crippen LogP contribution in [0, 0.1) is 0 Å². The van der Waals surface area contributed by atoms with Crippen molar-refractivity contribution < 1.29 is 4.52 Å². The van der Waals surface area contributed by atoms with Gasteiger partial charge in [0, 0.05) is 18.2 Å². The van der Waals surface area contributed by atoms with E-state index in [0.717, 1.165) is 18.8 Å². The molecule has 4 nitrogen and oxygen atoms in total. The van der Waals surface area contributed by atoms with Crippen LogP contribution in [-0.2, 0) is 6.54 Å². The zero-order chi connectivity index (χ0) is 9.80. The predicted molar refractivity (Wildman–Crippen MR) is 53.8 cm³/mol. The molecule has 1 aromatic heterocycles. The van der Waals surface area contributed by atoms with Crippen LogP contribution in [0.25, 0.3) is 0 Å². The second kappa shape index (κ2) is 4.57. The summed E-state index contributed by atoms with van der Waals surface area (Å²) in [6.07, 6.45) is 4.17. The number of rotatable bonds is 3. The first-order chi connectivity index (χ1) is 6.86. The number of aromatic nitrogens is 1. The Hall–Kier alpha value is -0.870. The first-order valence-corrected chi connectivity index (χ1v) is 5.22. The van der Waals surface area contributed by atoms with Gasteiger partial charge in [-0.2, -0.15) is 0 Å². The fraction of sp³-hybridized carbons (Fsp3) is 0.700. The molecule has 2 N–H and O–H groups in total. The van der Waals surface area contributed by atoms with Crippen LogP contribution in [0.2, 0.25) is 0 Å². The normalized spacial score (nSPS) is 27.8. The summed E-state index contributed by atoms with van der Waals surface area (Å²) in [5, 5.41) is 10.6. The topological polar surface area (TPSA) is 50.1 Å². The second-order valence-electron chi connectivity index (χ2n) is 3.85. The minimum atomic E-state index is 0.548. The van der Waals surface area contributed by atoms with E-state index in [-0.39, 0.29) is 0 Å². The highest BCUT2D eigenvalue weighted by molar-refractivity contribution is 4.94. The van der Waals surface area contributed by atoms with Crippen LogP contribution in [0.4, 0.5) is 0 Å². The molecule has 1 aromatic rings. The highest BCUT2D eigenvalue weighted by Gasteiger charge is 2.19. The molecule has 1 saturated heterocycles. The first kappa shape index (κ1) is 9.68. The first-order valence-electron chi connectivity index (χ1n) is 5.22. The van der Waals surface area contributed by atoms with E-state index in [9.17, 15) is 0 Å². The highest BCUT2D eigenvalue weighted by Crippen LogP contribution is 2.09. The maximum atomic E-state index is 5.03. The number of piperidine rings is 1. The molecule has 1 aliphatic rings. The van der Waals surface area contributed by atoms with Crippen molar-refractivity contribution in [1.82, 2.24) is 15.8 Å². The lowest BCUT2D eigenvalue weighted by molar-refractivity contribution is 0.297. The van der Waals surface area contributed by atoms with Gasteiger partial charge in [-0.3, -0.25) is 0 Å². The fourth-order valence-electron chi connectivity index (χ4n) is 1.89. The van der Waals surface area contributed by atoms with Gasteiger partial charge in [0.15, 0.2) is 0 Å². The van der Waals surface area contributed by atoms with Crippen molar-refractivity contribution >= 4 is 0 Å². The van der Waals surface area contributed by atoms with Crippen LogP contribution in [0.3, 0.4) is 0 Å². The molecule has 14 heavy (non-hydrogen) atoms. The van der Waals surface area contributed by atoms with E-state index in [1.807, 2.05) is 6.07 Å². The van der Waals surface area contributed by atoms with Gasteiger partial charge >= 0.3 is 0 Å². The van der Waals surface area contributed by atoms with Gasteiger partial charge in [0.25, 0.3) is 0 Å². The lowest BCUT2D eigenvalue weighted by atomic mass is 10.00. The van der Waals surface area contributed by atoms with Crippen molar-refractivity contribution in [2.24, 2.45) is 0 Å². The van der Waals surface area contributed by atoms with Crippen LogP contribution >= 0.6 is 0 Å². The summed E-state index contributed by atoms with van der Waals surface area (Å²) < 4.78 is 5.03. The van der Waals surface area contributed by atoms with Gasteiger partial charge < -0.3 is 15.2 Å². The number of nitrogens with one attached hydrogen (secondary N) is 2. The van der Waals surface area contributed by atoms with Gasteiger partial charge in [-0.25, -0.2) is 0 Å². The van der Waals surface area contributed by atoms with Crippen molar-refractivity contribution in [3.63, 3.8) is 0 Å². The van der Waals surface area contributed by atoms with Gasteiger partial charge in [0.05, 0.1) is 12.7 Å². The Morgan fingerprint density at radius 1 is 1.71 bits per heavy atom. The molecule has 2 heterocycles. The Morgan fingerprint density at radius 2 is 2.64 bits per heavy atom. The lowest BCUT2D eigenvalue weighted by Gasteiger charge is -2.30. The molecule has 0 saturated carbocycles. The molecule has 0 radical (unpaired) electrons. The van der Waals surface area contributed by atoms with Crippen molar-refractivity contribution in [2.75, 3.05) is 6.54 Å². The van der Waals surface area contributed by atoms with Crippen molar-refractivity contribution in [1.29, 1.82) is 0 Å². The molecule has 2 unspecified atom stereocenters. The van der Waals surface area contributed by atoms with Crippen molar-refractivity contribution in [3.05, 3.63) is 18.0 Å². The average molecular weight is 195 g/mol. The molecule has 0 amide bonds. The van der Waals surface area contributed by atoms with E-state index >= 15 is 0 Å². The highest BCUT2D eigenvalue weighted by atomic mass is 16.5. The monoisotopic (exact) mass is 195 g/mol. The molecule has 78 valence electrons. The quantitative estimate of drug-likeness (QED) is 0.752. The molecule has 1 fully saturated rings. The van der Waals surface area contributed by atoms with Crippen molar-refractivity contribution in [2.45, 2.75) is 38.4 Å². The number of nitrogens with zero attached hydrogens (tertiary/aromatic N) is 1. The van der Waals surface area contributed by atoms with E-state index in [2.05, 4.69) is 22.7 Å². The van der Waals surface area contributed by atoms with Gasteiger partial charge in [0.1, 0.15) is 5.76 Å². The van der Waals surface area contributed by atoms with Gasteiger partial charge in [-0.1, -0.05) is 5.16 Å². The Kier molecular flexibility index (Phi) is 3.16. The maximum Gasteiger partial charge on any atom is 0.150 e. The zero-order valence-corrected chi connectivity index (χ0v) is 8.49. The van der Waals surface area contributed by atoms with Crippen LogP contribution < -0.4 is 10.6 Å². The van der Waals surface area contributed by atoms with Gasteiger partial charge in [-0.05, 0) is 26.3 Å². The third kappa shape index (κ3) is 2.33. The predicted octanol–water partition coefficient (Wildman–Crippen LogP) is 0.905. The zero-order valence-electron chi connectivity index (χ0n) is 8.49. The van der Waals surface area contributed by atoms with Crippen molar-refractivity contribution in [3.8, 4) is 0 Å². The summed E-state index contributed by atoms with van der Waals surface area (Å²) in [7, 11) is 0. The van der Waals surface area contributed by atoms with E-state index in [1.165, 1.54) is 12.8 Å². The minimum absolute atomic E-state index is 0.548. The Morgan fingerprint density at radius 3 is 3.36 bits per heavy atom. The third-order valence-corrected chi connectivity index (χ3v) is 2.79. The molecule has 1 aliphatic heterocycles. The van der Waals surface area contributed by atoms with E-state index in [4.69, 9.17) is 4.52 Å². The smallest absolute Gasteiger partial charge is 0.150 e. The van der Waals surface area contributed by atoms with E-state index < -0.39 is 0 Å². The molecule has 0 bridgehead atoms. The summed E-state index contributed by atoms with van der Waals surface area (Å²) in [4.78, 5) is 0. The molecule has 0 aromatic carbocycles. The Bertz CT molecular complexity index is 260. The SMILES string of the molecule is CC1NCCCC1NCc1ccno1. The van der Waals surface area contributed by atoms with Crippen LogP contribution in [0.1, 0.15) is 25.5 Å². The van der Waals surface area contributed by atoms with Gasteiger partial charge in [0.2, 0.25) is 0 Å². The average Bonchev–Trinajstić information content (AvgIpc) is 2.69. The van der Waals surface area contributed by atoms with E-state index in [1.54, 1.807) is 6.20 Å². The number of hydrogen-bond donors (Lipinski definition) is 2. The van der Waals surface area contributed by atoms with E-state index in [0.29, 0.717) is 12.1 Å². The minimum Gasteiger partial charge on any atom is -0.360 e. The largest absolute Gasteiger partial charge is 0.360 e. The third-order valence-electron chi connectivity index (χ3n) is 2.79. The molecule has 2 rings (SSSR count).